The van der Waals surface area contributed by atoms with E-state index < -0.39 is 18.0 Å². The first-order valence-corrected chi connectivity index (χ1v) is 11.8. The fourth-order valence-electron chi connectivity index (χ4n) is 4.73. The van der Waals surface area contributed by atoms with Gasteiger partial charge >= 0.3 is 6.09 Å². The van der Waals surface area contributed by atoms with Crippen molar-refractivity contribution in [2.75, 3.05) is 13.2 Å². The Bertz CT molecular complexity index is 1050. The van der Waals surface area contributed by atoms with Gasteiger partial charge in [0.05, 0.1) is 17.8 Å². The molecule has 10 heteroatoms. The molecule has 2 aliphatic heterocycles. The van der Waals surface area contributed by atoms with Gasteiger partial charge in [-0.05, 0) is 43.9 Å². The van der Waals surface area contributed by atoms with Crippen LogP contribution in [0.1, 0.15) is 31.2 Å². The Morgan fingerprint density at radius 1 is 1.24 bits per heavy atom. The average molecular weight is 490 g/mol. The summed E-state index contributed by atoms with van der Waals surface area (Å²) in [5, 5.41) is 3.12. The molecule has 2 atom stereocenters. The SMILES string of the molecule is O=C(N[C@H]1CC[C@H](N2CC(COc3ccc(Cl)c(F)c3)OC2=O)CC1)C1Cc2ccncc2O1. The molecule has 1 aromatic heterocycles. The van der Waals surface area contributed by atoms with Gasteiger partial charge in [0, 0.05) is 36.3 Å². The van der Waals surface area contributed by atoms with Gasteiger partial charge < -0.3 is 24.4 Å². The second-order valence-electron chi connectivity index (χ2n) is 8.85. The number of aromatic nitrogens is 1. The lowest BCUT2D eigenvalue weighted by Crippen LogP contribution is -2.47. The van der Waals surface area contributed by atoms with Crippen LogP contribution >= 0.6 is 11.6 Å². The smallest absolute Gasteiger partial charge is 0.410 e. The number of amides is 2. The van der Waals surface area contributed by atoms with Crippen LogP contribution in [-0.4, -0.2) is 59.3 Å². The number of ether oxygens (including phenoxy) is 3. The Morgan fingerprint density at radius 3 is 2.82 bits per heavy atom. The Hall–Kier alpha value is -3.07. The molecule has 2 fully saturated rings. The molecule has 34 heavy (non-hydrogen) atoms. The van der Waals surface area contributed by atoms with Gasteiger partial charge in [0.25, 0.3) is 5.91 Å². The van der Waals surface area contributed by atoms with Gasteiger partial charge in [-0.15, -0.1) is 0 Å². The number of nitrogens with zero attached hydrogens (tertiary/aromatic N) is 2. The minimum Gasteiger partial charge on any atom is -0.490 e. The number of fused-ring (bicyclic) bond motifs is 1. The summed E-state index contributed by atoms with van der Waals surface area (Å²) < 4.78 is 30.3. The van der Waals surface area contributed by atoms with Gasteiger partial charge in [0.1, 0.15) is 23.9 Å². The Kier molecular flexibility index (Phi) is 6.45. The fourth-order valence-corrected chi connectivity index (χ4v) is 4.85. The predicted molar refractivity (Wildman–Crippen MR) is 120 cm³/mol. The van der Waals surface area contributed by atoms with E-state index in [0.717, 1.165) is 31.2 Å². The molecular formula is C24H25ClFN3O5. The normalized spacial score (nSPS) is 25.9. The number of carbonyl (C=O) groups excluding carboxylic acids is 2. The van der Waals surface area contributed by atoms with E-state index in [1.165, 1.54) is 12.1 Å². The van der Waals surface area contributed by atoms with Crippen LogP contribution in [0.2, 0.25) is 5.02 Å². The first kappa shape index (κ1) is 22.7. The topological polar surface area (TPSA) is 90.0 Å². The third-order valence-corrected chi connectivity index (χ3v) is 6.86. The van der Waals surface area contributed by atoms with Crippen LogP contribution < -0.4 is 14.8 Å². The summed E-state index contributed by atoms with van der Waals surface area (Å²) in [4.78, 5) is 30.8. The number of nitrogens with one attached hydrogen (secondary N) is 1. The zero-order valence-electron chi connectivity index (χ0n) is 18.4. The van der Waals surface area contributed by atoms with Crippen molar-refractivity contribution in [2.45, 2.75) is 56.4 Å². The minimum atomic E-state index is -0.561. The Morgan fingerprint density at radius 2 is 2.06 bits per heavy atom. The van der Waals surface area contributed by atoms with Gasteiger partial charge in [-0.2, -0.15) is 0 Å². The van der Waals surface area contributed by atoms with Crippen LogP contribution in [0.4, 0.5) is 9.18 Å². The number of hydrogen-bond donors (Lipinski definition) is 1. The molecule has 1 aliphatic carbocycles. The molecule has 0 bridgehead atoms. The summed E-state index contributed by atoms with van der Waals surface area (Å²) in [5.41, 5.74) is 0.992. The number of pyridine rings is 1. The van der Waals surface area contributed by atoms with E-state index in [9.17, 15) is 14.0 Å². The highest BCUT2D eigenvalue weighted by molar-refractivity contribution is 6.30. The number of benzene rings is 1. The van der Waals surface area contributed by atoms with Crippen molar-refractivity contribution in [1.29, 1.82) is 0 Å². The van der Waals surface area contributed by atoms with Gasteiger partial charge in [-0.25, -0.2) is 9.18 Å². The summed E-state index contributed by atoms with van der Waals surface area (Å²) >= 11 is 5.68. The summed E-state index contributed by atoms with van der Waals surface area (Å²) in [6, 6.07) is 6.17. The largest absolute Gasteiger partial charge is 0.490 e. The van der Waals surface area contributed by atoms with Crippen LogP contribution in [-0.2, 0) is 16.0 Å². The number of cyclic esters (lactones) is 1. The third-order valence-electron chi connectivity index (χ3n) is 6.55. The van der Waals surface area contributed by atoms with Crippen LogP contribution in [0.25, 0.3) is 0 Å². The molecular weight excluding hydrogens is 465 g/mol. The zero-order valence-corrected chi connectivity index (χ0v) is 19.2. The molecule has 1 N–H and O–H groups in total. The average Bonchev–Trinajstić information content (AvgIpc) is 3.44. The van der Waals surface area contributed by atoms with Crippen LogP contribution in [0.3, 0.4) is 0 Å². The number of halogens is 2. The lowest BCUT2D eigenvalue weighted by Gasteiger charge is -2.33. The maximum Gasteiger partial charge on any atom is 0.410 e. The van der Waals surface area contributed by atoms with E-state index in [1.54, 1.807) is 23.4 Å². The maximum atomic E-state index is 13.6. The van der Waals surface area contributed by atoms with Crippen LogP contribution in [0.15, 0.2) is 36.7 Å². The van der Waals surface area contributed by atoms with Gasteiger partial charge in [0.2, 0.25) is 0 Å². The van der Waals surface area contributed by atoms with E-state index in [2.05, 4.69) is 10.3 Å². The fraction of sp³-hybridized carbons (Fsp3) is 0.458. The zero-order chi connectivity index (χ0) is 23.7. The molecule has 180 valence electrons. The number of carbonyl (C=O) groups is 2. The van der Waals surface area contributed by atoms with E-state index in [1.807, 2.05) is 6.07 Å². The first-order chi connectivity index (χ1) is 16.5. The minimum absolute atomic E-state index is 0.0239. The van der Waals surface area contributed by atoms with Crippen molar-refractivity contribution >= 4 is 23.6 Å². The molecule has 2 unspecified atom stereocenters. The second kappa shape index (κ2) is 9.66. The summed E-state index contributed by atoms with van der Waals surface area (Å²) in [5.74, 6) is 0.321. The van der Waals surface area contributed by atoms with Crippen molar-refractivity contribution in [1.82, 2.24) is 15.2 Å². The Labute approximate surface area is 201 Å². The van der Waals surface area contributed by atoms with Crippen molar-refractivity contribution in [3.05, 3.63) is 53.1 Å². The van der Waals surface area contributed by atoms with Crippen molar-refractivity contribution in [2.24, 2.45) is 0 Å². The number of rotatable bonds is 6. The van der Waals surface area contributed by atoms with Crippen LogP contribution in [0.5, 0.6) is 11.5 Å². The summed E-state index contributed by atoms with van der Waals surface area (Å²) in [7, 11) is 0. The van der Waals surface area contributed by atoms with Crippen molar-refractivity contribution in [3.8, 4) is 11.5 Å². The highest BCUT2D eigenvalue weighted by Gasteiger charge is 2.39. The molecule has 1 saturated carbocycles. The Balaban J connectivity index is 1.06. The van der Waals surface area contributed by atoms with E-state index in [-0.39, 0.29) is 35.7 Å². The maximum absolute atomic E-state index is 13.6. The van der Waals surface area contributed by atoms with E-state index in [0.29, 0.717) is 24.5 Å². The molecule has 8 nitrogen and oxygen atoms in total. The van der Waals surface area contributed by atoms with Crippen LogP contribution in [0, 0.1) is 5.82 Å². The quantitative estimate of drug-likeness (QED) is 0.668. The predicted octanol–water partition coefficient (Wildman–Crippen LogP) is 3.50. The van der Waals surface area contributed by atoms with E-state index in [4.69, 9.17) is 25.8 Å². The molecule has 3 heterocycles. The molecule has 5 rings (SSSR count). The molecule has 0 radical (unpaired) electrons. The standard InChI is InChI=1S/C24H25ClFN3O5/c25-19-6-5-17(10-20(19)26)32-13-18-12-29(24(31)33-18)16-3-1-15(2-4-16)28-23(30)21-9-14-7-8-27-11-22(14)34-21/h5-8,10-11,15-16,18,21H,1-4,9,12-13H2,(H,28,30)/t15-,16-,18?,21?. The first-order valence-electron chi connectivity index (χ1n) is 11.4. The lowest BCUT2D eigenvalue weighted by molar-refractivity contribution is -0.128. The second-order valence-corrected chi connectivity index (χ2v) is 9.26. The molecule has 1 aromatic carbocycles. The third kappa shape index (κ3) is 4.89. The number of hydrogen-bond acceptors (Lipinski definition) is 6. The monoisotopic (exact) mass is 489 g/mol. The van der Waals surface area contributed by atoms with Crippen molar-refractivity contribution < 1.29 is 28.2 Å². The van der Waals surface area contributed by atoms with Gasteiger partial charge in [-0.3, -0.25) is 9.78 Å². The highest BCUT2D eigenvalue weighted by Crippen LogP contribution is 2.30. The molecule has 2 aromatic rings. The lowest BCUT2D eigenvalue weighted by atomic mass is 9.90. The van der Waals surface area contributed by atoms with Gasteiger partial charge in [0.15, 0.2) is 12.2 Å². The molecule has 2 amide bonds. The van der Waals surface area contributed by atoms with Crippen molar-refractivity contribution in [3.63, 3.8) is 0 Å². The van der Waals surface area contributed by atoms with E-state index >= 15 is 0 Å². The molecule has 1 saturated heterocycles. The molecule has 0 spiro atoms. The van der Waals surface area contributed by atoms with Gasteiger partial charge in [-0.1, -0.05) is 11.6 Å². The summed E-state index contributed by atoms with van der Waals surface area (Å²) in [6.07, 6.45) is 5.63. The highest BCUT2D eigenvalue weighted by atomic mass is 35.5. The summed E-state index contributed by atoms with van der Waals surface area (Å²) in [6.45, 7) is 0.548. The molecule has 3 aliphatic rings.